The lowest BCUT2D eigenvalue weighted by atomic mass is 9.95. The predicted molar refractivity (Wildman–Crippen MR) is 164 cm³/mol. The fourth-order valence-electron chi connectivity index (χ4n) is 5.23. The number of rotatable bonds is 10. The average Bonchev–Trinajstić information content (AvgIpc) is 3.56. The maximum Gasteiger partial charge on any atom is 0.301 e. The first-order valence-corrected chi connectivity index (χ1v) is 15.3. The van der Waals surface area contributed by atoms with Gasteiger partial charge in [0.05, 0.1) is 35.0 Å². The van der Waals surface area contributed by atoms with Crippen LogP contribution >= 0.6 is 11.3 Å². The van der Waals surface area contributed by atoms with Gasteiger partial charge in [-0.3, -0.25) is 14.5 Å². The van der Waals surface area contributed by atoms with Crippen molar-refractivity contribution in [3.05, 3.63) is 77.4 Å². The van der Waals surface area contributed by atoms with E-state index in [-0.39, 0.29) is 11.3 Å². The van der Waals surface area contributed by atoms with Crippen molar-refractivity contribution < 1.29 is 33.6 Å². The molecule has 10 heteroatoms. The number of carbonyl (C=O) groups excluding carboxylic acids is 2. The Labute approximate surface area is 253 Å². The summed E-state index contributed by atoms with van der Waals surface area (Å²) in [5.41, 5.74) is 1.61. The fraction of sp³-hybridized carbons (Fsp3) is 0.303. The van der Waals surface area contributed by atoms with Crippen LogP contribution in [0.1, 0.15) is 50.3 Å². The average molecular weight is 601 g/mol. The van der Waals surface area contributed by atoms with Gasteiger partial charge in [0.1, 0.15) is 30.5 Å². The molecule has 0 radical (unpaired) electrons. The number of thiazole rings is 1. The zero-order valence-electron chi connectivity index (χ0n) is 24.0. The summed E-state index contributed by atoms with van der Waals surface area (Å²) in [6, 6.07) is 16.8. The maximum atomic E-state index is 13.7. The zero-order valence-corrected chi connectivity index (χ0v) is 24.8. The van der Waals surface area contributed by atoms with Gasteiger partial charge in [-0.2, -0.15) is 0 Å². The monoisotopic (exact) mass is 600 g/mol. The van der Waals surface area contributed by atoms with Crippen molar-refractivity contribution in [2.24, 2.45) is 0 Å². The van der Waals surface area contributed by atoms with Crippen LogP contribution in [0.25, 0.3) is 16.0 Å². The molecule has 1 amide bonds. The Balaban J connectivity index is 1.43. The van der Waals surface area contributed by atoms with Gasteiger partial charge in [0, 0.05) is 5.56 Å². The lowest BCUT2D eigenvalue weighted by molar-refractivity contribution is -0.132. The van der Waals surface area contributed by atoms with Gasteiger partial charge in [-0.1, -0.05) is 43.2 Å². The third-order valence-corrected chi connectivity index (χ3v) is 8.36. The minimum Gasteiger partial charge on any atom is -0.507 e. The van der Waals surface area contributed by atoms with Crippen LogP contribution < -0.4 is 23.8 Å². The third-order valence-electron chi connectivity index (χ3n) is 7.34. The molecule has 0 aliphatic carbocycles. The van der Waals surface area contributed by atoms with E-state index < -0.39 is 17.7 Å². The molecule has 222 valence electrons. The highest BCUT2D eigenvalue weighted by molar-refractivity contribution is 7.22. The Morgan fingerprint density at radius 3 is 2.49 bits per heavy atom. The Bertz CT molecular complexity index is 1700. The van der Waals surface area contributed by atoms with Gasteiger partial charge in [0.15, 0.2) is 16.6 Å². The number of aliphatic hydroxyl groups is 1. The number of amides is 1. The minimum atomic E-state index is -0.922. The molecule has 0 saturated carbocycles. The van der Waals surface area contributed by atoms with Crippen molar-refractivity contribution in [1.82, 2.24) is 4.98 Å². The van der Waals surface area contributed by atoms with Crippen molar-refractivity contribution in [2.45, 2.75) is 39.2 Å². The number of unbranched alkanes of at least 4 members (excludes halogenated alkanes) is 2. The second-order valence-corrected chi connectivity index (χ2v) is 11.2. The first kappa shape index (κ1) is 28.5. The highest BCUT2D eigenvalue weighted by atomic mass is 32.1. The second-order valence-electron chi connectivity index (χ2n) is 10.2. The van der Waals surface area contributed by atoms with Gasteiger partial charge in [0.25, 0.3) is 5.78 Å². The SMILES string of the molecule is CCCCCOc1ccc([C@H]2C(=C(O)c3ccc4c(c3)OCCO4)C(=O)C(=O)N2c2nc3ccc(OCC)cc3s2)cc1. The second kappa shape index (κ2) is 12.3. The number of ketones is 1. The van der Waals surface area contributed by atoms with E-state index in [1.807, 2.05) is 49.4 Å². The number of hydrogen-bond donors (Lipinski definition) is 1. The smallest absolute Gasteiger partial charge is 0.301 e. The van der Waals surface area contributed by atoms with E-state index in [1.165, 1.54) is 16.2 Å². The van der Waals surface area contributed by atoms with E-state index in [1.54, 1.807) is 18.2 Å². The van der Waals surface area contributed by atoms with Gasteiger partial charge in [-0.25, -0.2) is 4.98 Å². The Kier molecular flexibility index (Phi) is 8.20. The third kappa shape index (κ3) is 5.62. The molecule has 0 spiro atoms. The highest BCUT2D eigenvalue weighted by Gasteiger charge is 2.48. The summed E-state index contributed by atoms with van der Waals surface area (Å²) in [4.78, 5) is 33.4. The number of carbonyl (C=O) groups is 2. The lowest BCUT2D eigenvalue weighted by Crippen LogP contribution is -2.29. The number of Topliss-reactive ketones (excluding diaryl/α,β-unsaturated/α-hetero) is 1. The number of ether oxygens (including phenoxy) is 4. The summed E-state index contributed by atoms with van der Waals surface area (Å²) >= 11 is 1.28. The van der Waals surface area contributed by atoms with Crippen molar-refractivity contribution in [3.8, 4) is 23.0 Å². The van der Waals surface area contributed by atoms with Gasteiger partial charge in [-0.05, 0) is 67.4 Å². The standard InChI is InChI=1S/C33H32N2O7S/c1-3-5-6-15-40-22-10-7-20(8-11-22)29-28(30(36)21-9-14-25-26(18-21)42-17-16-41-25)31(37)32(38)35(29)33-34-24-13-12-23(39-4-2)19-27(24)43-33/h7-14,18-19,29,36H,3-6,15-17H2,1-2H3/t29-/m0/s1. The molecule has 43 heavy (non-hydrogen) atoms. The van der Waals surface area contributed by atoms with Crippen LogP contribution in [0.3, 0.4) is 0 Å². The van der Waals surface area contributed by atoms with Crippen LogP contribution in [0.2, 0.25) is 0 Å². The van der Waals surface area contributed by atoms with Crippen molar-refractivity contribution >= 4 is 44.1 Å². The van der Waals surface area contributed by atoms with Gasteiger partial charge >= 0.3 is 5.91 Å². The molecular formula is C33H32N2O7S. The molecule has 4 aromatic rings. The van der Waals surface area contributed by atoms with E-state index in [0.29, 0.717) is 71.2 Å². The molecule has 1 aromatic heterocycles. The number of aromatic nitrogens is 1. The van der Waals surface area contributed by atoms with E-state index in [4.69, 9.17) is 23.9 Å². The normalized spacial score (nSPS) is 17.4. The molecule has 3 aromatic carbocycles. The Morgan fingerprint density at radius 1 is 0.953 bits per heavy atom. The van der Waals surface area contributed by atoms with Crippen molar-refractivity contribution in [1.29, 1.82) is 0 Å². The summed E-state index contributed by atoms with van der Waals surface area (Å²) in [6.45, 7) is 5.97. The molecule has 6 rings (SSSR count). The largest absolute Gasteiger partial charge is 0.507 e. The number of nitrogens with zero attached hydrogens (tertiary/aromatic N) is 2. The number of anilines is 1. The lowest BCUT2D eigenvalue weighted by Gasteiger charge is -2.23. The molecule has 1 atom stereocenters. The molecular weight excluding hydrogens is 568 g/mol. The molecule has 1 fully saturated rings. The van der Waals surface area contributed by atoms with Crippen LogP contribution in [0.15, 0.2) is 66.2 Å². The van der Waals surface area contributed by atoms with Crippen LogP contribution in [-0.2, 0) is 9.59 Å². The molecule has 3 heterocycles. The van der Waals surface area contributed by atoms with Gasteiger partial charge < -0.3 is 24.1 Å². The van der Waals surface area contributed by atoms with E-state index >= 15 is 0 Å². The molecule has 9 nitrogen and oxygen atoms in total. The Hall–Kier alpha value is -4.57. The summed E-state index contributed by atoms with van der Waals surface area (Å²) < 4.78 is 23.6. The summed E-state index contributed by atoms with van der Waals surface area (Å²) in [5.74, 6) is 0.517. The minimum absolute atomic E-state index is 0.0347. The summed E-state index contributed by atoms with van der Waals surface area (Å²) in [5, 5.41) is 11.9. The van der Waals surface area contributed by atoms with Crippen LogP contribution in [-0.4, -0.2) is 48.2 Å². The number of benzene rings is 3. The zero-order chi connectivity index (χ0) is 29.9. The van der Waals surface area contributed by atoms with Gasteiger partial charge in [-0.15, -0.1) is 0 Å². The first-order chi connectivity index (χ1) is 21.0. The van der Waals surface area contributed by atoms with Crippen LogP contribution in [0.4, 0.5) is 5.13 Å². The molecule has 0 bridgehead atoms. The van der Waals surface area contributed by atoms with E-state index in [9.17, 15) is 14.7 Å². The predicted octanol–water partition coefficient (Wildman–Crippen LogP) is 6.66. The molecule has 1 saturated heterocycles. The maximum absolute atomic E-state index is 13.7. The quantitative estimate of drug-likeness (QED) is 0.0932. The van der Waals surface area contributed by atoms with Crippen molar-refractivity contribution in [3.63, 3.8) is 0 Å². The molecule has 2 aliphatic rings. The molecule has 2 aliphatic heterocycles. The molecule has 0 unspecified atom stereocenters. The van der Waals surface area contributed by atoms with Crippen molar-refractivity contribution in [2.75, 3.05) is 31.3 Å². The topological polar surface area (TPSA) is 107 Å². The van der Waals surface area contributed by atoms with E-state index in [2.05, 4.69) is 6.92 Å². The number of aliphatic hydroxyl groups excluding tert-OH is 1. The van der Waals surface area contributed by atoms with Gasteiger partial charge in [0.2, 0.25) is 0 Å². The summed E-state index contributed by atoms with van der Waals surface area (Å²) in [7, 11) is 0. The van der Waals surface area contributed by atoms with E-state index in [0.717, 1.165) is 24.0 Å². The van der Waals surface area contributed by atoms with Crippen LogP contribution in [0.5, 0.6) is 23.0 Å². The number of fused-ring (bicyclic) bond motifs is 2. The molecule has 1 N–H and O–H groups in total. The highest BCUT2D eigenvalue weighted by Crippen LogP contribution is 2.45. The number of hydrogen-bond acceptors (Lipinski definition) is 9. The first-order valence-electron chi connectivity index (χ1n) is 14.5. The Morgan fingerprint density at radius 2 is 1.72 bits per heavy atom. The fourth-order valence-corrected chi connectivity index (χ4v) is 6.25. The van der Waals surface area contributed by atoms with Crippen LogP contribution in [0, 0.1) is 0 Å². The summed E-state index contributed by atoms with van der Waals surface area (Å²) in [6.07, 6.45) is 3.14.